The van der Waals surface area contributed by atoms with Crippen LogP contribution in [0.15, 0.2) is 0 Å². The molecule has 1 fully saturated rings. The smallest absolute Gasteiger partial charge is 0.0471 e. The first-order chi connectivity index (χ1) is 6.97. The van der Waals surface area contributed by atoms with Gasteiger partial charge in [-0.3, -0.25) is 0 Å². The highest BCUT2D eigenvalue weighted by molar-refractivity contribution is 4.86. The first kappa shape index (κ1) is 13.0. The predicted octanol–water partition coefficient (Wildman–Crippen LogP) is 2.97. The quantitative estimate of drug-likeness (QED) is 0.775. The predicted molar refractivity (Wildman–Crippen MR) is 65.1 cm³/mol. The van der Waals surface area contributed by atoms with Crippen molar-refractivity contribution in [2.24, 2.45) is 5.41 Å². The lowest BCUT2D eigenvalue weighted by atomic mass is 9.76. The fourth-order valence-electron chi connectivity index (χ4n) is 2.30. The standard InChI is InChI=1S/C13H27NO/c1-5-6-13(7-9-15-10-8-13)11-14-12(2,3)4/h14H,5-11H2,1-4H3. The first-order valence-corrected chi connectivity index (χ1v) is 6.30. The molecule has 1 heterocycles. The number of nitrogens with one attached hydrogen (secondary N) is 1. The molecule has 0 aromatic rings. The van der Waals surface area contributed by atoms with Crippen molar-refractivity contribution < 1.29 is 4.74 Å². The molecule has 0 atom stereocenters. The molecule has 0 aromatic carbocycles. The maximum Gasteiger partial charge on any atom is 0.0471 e. The SMILES string of the molecule is CCCC1(CNC(C)(C)C)CCOCC1. The van der Waals surface area contributed by atoms with Gasteiger partial charge >= 0.3 is 0 Å². The van der Waals surface area contributed by atoms with E-state index in [0.29, 0.717) is 5.41 Å². The summed E-state index contributed by atoms with van der Waals surface area (Å²) in [5.41, 5.74) is 0.735. The summed E-state index contributed by atoms with van der Waals surface area (Å²) < 4.78 is 5.48. The van der Waals surface area contributed by atoms with E-state index in [2.05, 4.69) is 33.0 Å². The molecule has 0 amide bonds. The van der Waals surface area contributed by atoms with Crippen molar-refractivity contribution in [3.63, 3.8) is 0 Å². The molecule has 1 rings (SSSR count). The van der Waals surface area contributed by atoms with Crippen LogP contribution in [0.1, 0.15) is 53.4 Å². The highest BCUT2D eigenvalue weighted by Crippen LogP contribution is 2.35. The van der Waals surface area contributed by atoms with E-state index in [1.54, 1.807) is 0 Å². The second-order valence-electron chi connectivity index (χ2n) is 5.97. The molecule has 0 bridgehead atoms. The Morgan fingerprint density at radius 3 is 2.27 bits per heavy atom. The number of hydrogen-bond donors (Lipinski definition) is 1. The lowest BCUT2D eigenvalue weighted by molar-refractivity contribution is 0.00724. The number of hydrogen-bond acceptors (Lipinski definition) is 2. The third-order valence-corrected chi connectivity index (χ3v) is 3.33. The van der Waals surface area contributed by atoms with E-state index < -0.39 is 0 Å². The van der Waals surface area contributed by atoms with Gasteiger partial charge in [0.25, 0.3) is 0 Å². The Morgan fingerprint density at radius 1 is 1.20 bits per heavy atom. The Hall–Kier alpha value is -0.0800. The van der Waals surface area contributed by atoms with Crippen LogP contribution < -0.4 is 5.32 Å². The summed E-state index contributed by atoms with van der Waals surface area (Å²) in [6, 6.07) is 0. The van der Waals surface area contributed by atoms with E-state index in [4.69, 9.17) is 4.74 Å². The molecule has 0 spiro atoms. The molecule has 2 nitrogen and oxygen atoms in total. The summed E-state index contributed by atoms with van der Waals surface area (Å²) in [5.74, 6) is 0. The van der Waals surface area contributed by atoms with Gasteiger partial charge in [-0.2, -0.15) is 0 Å². The molecular weight excluding hydrogens is 186 g/mol. The molecule has 1 N–H and O–H groups in total. The van der Waals surface area contributed by atoms with Gasteiger partial charge in [0, 0.05) is 25.3 Å². The van der Waals surface area contributed by atoms with Gasteiger partial charge in [-0.25, -0.2) is 0 Å². The fraction of sp³-hybridized carbons (Fsp3) is 1.00. The molecule has 1 saturated heterocycles. The molecule has 0 saturated carbocycles. The van der Waals surface area contributed by atoms with Gasteiger partial charge in [0.2, 0.25) is 0 Å². The zero-order chi connectivity index (χ0) is 11.4. The Bertz CT molecular complexity index is 172. The van der Waals surface area contributed by atoms with Crippen LogP contribution in [-0.4, -0.2) is 25.3 Å². The van der Waals surface area contributed by atoms with E-state index >= 15 is 0 Å². The summed E-state index contributed by atoms with van der Waals surface area (Å²) in [6.07, 6.45) is 5.07. The van der Waals surface area contributed by atoms with Crippen LogP contribution in [0, 0.1) is 5.41 Å². The lowest BCUT2D eigenvalue weighted by Gasteiger charge is -2.39. The normalized spacial score (nSPS) is 21.6. The fourth-order valence-corrected chi connectivity index (χ4v) is 2.30. The molecule has 0 aliphatic carbocycles. The summed E-state index contributed by atoms with van der Waals surface area (Å²) >= 11 is 0. The minimum Gasteiger partial charge on any atom is -0.381 e. The Labute approximate surface area is 94.8 Å². The van der Waals surface area contributed by atoms with Gasteiger partial charge in [-0.1, -0.05) is 13.3 Å². The average Bonchev–Trinajstić information content (AvgIpc) is 2.16. The maximum atomic E-state index is 5.48. The maximum absolute atomic E-state index is 5.48. The van der Waals surface area contributed by atoms with Gasteiger partial charge in [0.15, 0.2) is 0 Å². The van der Waals surface area contributed by atoms with Crippen LogP contribution in [-0.2, 0) is 4.74 Å². The van der Waals surface area contributed by atoms with E-state index in [1.165, 1.54) is 25.7 Å². The first-order valence-electron chi connectivity index (χ1n) is 6.30. The van der Waals surface area contributed by atoms with Crippen LogP contribution in [0.25, 0.3) is 0 Å². The van der Waals surface area contributed by atoms with E-state index in [0.717, 1.165) is 19.8 Å². The van der Waals surface area contributed by atoms with E-state index in [1.807, 2.05) is 0 Å². The molecule has 0 unspecified atom stereocenters. The largest absolute Gasteiger partial charge is 0.381 e. The molecule has 1 aliphatic heterocycles. The third-order valence-electron chi connectivity index (χ3n) is 3.33. The van der Waals surface area contributed by atoms with Gasteiger partial charge in [0.05, 0.1) is 0 Å². The minimum absolute atomic E-state index is 0.235. The summed E-state index contributed by atoms with van der Waals surface area (Å²) in [6.45, 7) is 12.1. The van der Waals surface area contributed by atoms with Crippen LogP contribution in [0.3, 0.4) is 0 Å². The lowest BCUT2D eigenvalue weighted by Crippen LogP contribution is -2.46. The monoisotopic (exact) mass is 213 g/mol. The molecule has 0 aromatic heterocycles. The highest BCUT2D eigenvalue weighted by atomic mass is 16.5. The summed E-state index contributed by atoms with van der Waals surface area (Å²) in [4.78, 5) is 0. The Balaban J connectivity index is 2.48. The summed E-state index contributed by atoms with van der Waals surface area (Å²) in [7, 11) is 0. The third kappa shape index (κ3) is 4.52. The minimum atomic E-state index is 0.235. The molecule has 90 valence electrons. The van der Waals surface area contributed by atoms with Crippen molar-refractivity contribution in [2.45, 2.75) is 58.9 Å². The zero-order valence-electron chi connectivity index (χ0n) is 10.9. The topological polar surface area (TPSA) is 21.3 Å². The van der Waals surface area contributed by atoms with Crippen molar-refractivity contribution in [3.8, 4) is 0 Å². The Kier molecular flexibility index (Phi) is 4.60. The van der Waals surface area contributed by atoms with Crippen molar-refractivity contribution in [3.05, 3.63) is 0 Å². The molecular formula is C13H27NO. The second-order valence-corrected chi connectivity index (χ2v) is 5.97. The number of rotatable bonds is 4. The molecule has 1 aliphatic rings. The second kappa shape index (κ2) is 5.31. The van der Waals surface area contributed by atoms with Crippen molar-refractivity contribution in [2.75, 3.05) is 19.8 Å². The van der Waals surface area contributed by atoms with Crippen molar-refractivity contribution >= 4 is 0 Å². The zero-order valence-corrected chi connectivity index (χ0v) is 10.9. The van der Waals surface area contributed by atoms with Gasteiger partial charge < -0.3 is 10.1 Å². The Morgan fingerprint density at radius 2 is 1.80 bits per heavy atom. The van der Waals surface area contributed by atoms with Crippen LogP contribution in [0.5, 0.6) is 0 Å². The van der Waals surface area contributed by atoms with Gasteiger partial charge in [-0.15, -0.1) is 0 Å². The van der Waals surface area contributed by atoms with Crippen molar-refractivity contribution in [1.29, 1.82) is 0 Å². The highest BCUT2D eigenvalue weighted by Gasteiger charge is 2.32. The van der Waals surface area contributed by atoms with Gasteiger partial charge in [0.1, 0.15) is 0 Å². The molecule has 2 heteroatoms. The van der Waals surface area contributed by atoms with E-state index in [-0.39, 0.29) is 5.54 Å². The van der Waals surface area contributed by atoms with Crippen LogP contribution >= 0.6 is 0 Å². The summed E-state index contributed by atoms with van der Waals surface area (Å²) in [5, 5.41) is 3.66. The van der Waals surface area contributed by atoms with E-state index in [9.17, 15) is 0 Å². The number of ether oxygens (including phenoxy) is 1. The molecule has 0 radical (unpaired) electrons. The molecule has 15 heavy (non-hydrogen) atoms. The van der Waals surface area contributed by atoms with Crippen LogP contribution in [0.2, 0.25) is 0 Å². The van der Waals surface area contributed by atoms with Gasteiger partial charge in [-0.05, 0) is 45.4 Å². The van der Waals surface area contributed by atoms with Crippen LogP contribution in [0.4, 0.5) is 0 Å². The van der Waals surface area contributed by atoms with Crippen molar-refractivity contribution in [1.82, 2.24) is 5.32 Å². The average molecular weight is 213 g/mol.